The van der Waals surface area contributed by atoms with Gasteiger partial charge in [0, 0.05) is 14.2 Å². The molecule has 3 heteroatoms. The Labute approximate surface area is 58.3 Å². The third kappa shape index (κ3) is 2.79. The molecule has 0 atom stereocenters. The smallest absolute Gasteiger partial charge is 0.350 e. The lowest BCUT2D eigenvalue weighted by Crippen LogP contribution is -2.20. The van der Waals surface area contributed by atoms with Crippen LogP contribution < -0.4 is 0 Å². The summed E-state index contributed by atoms with van der Waals surface area (Å²) in [6.07, 6.45) is 2.03. The predicted molar refractivity (Wildman–Crippen MR) is 40.6 cm³/mol. The van der Waals surface area contributed by atoms with Crippen LogP contribution in [0.15, 0.2) is 11.3 Å². The Morgan fingerprint density at radius 2 is 1.78 bits per heavy atom. The van der Waals surface area contributed by atoms with Crippen LogP contribution in [0.2, 0.25) is 0 Å². The SMILES string of the molecule is CC=C(C)[SiH](OC)OC. The Hall–Kier alpha value is -0.123. The minimum atomic E-state index is -1.43. The van der Waals surface area contributed by atoms with Crippen molar-refractivity contribution in [2.45, 2.75) is 13.8 Å². The van der Waals surface area contributed by atoms with Gasteiger partial charge in [0.1, 0.15) is 0 Å². The molecular formula is C6H14O2Si. The first-order valence-corrected chi connectivity index (χ1v) is 4.46. The largest absolute Gasteiger partial charge is 0.397 e. The van der Waals surface area contributed by atoms with Gasteiger partial charge in [-0.3, -0.25) is 0 Å². The first kappa shape index (κ1) is 8.88. The zero-order valence-electron chi connectivity index (χ0n) is 6.47. The fourth-order valence-electron chi connectivity index (χ4n) is 0.604. The Bertz CT molecular complexity index is 97.2. The van der Waals surface area contributed by atoms with Crippen molar-refractivity contribution in [2.24, 2.45) is 0 Å². The summed E-state index contributed by atoms with van der Waals surface area (Å²) < 4.78 is 10.2. The number of hydrogen-bond donors (Lipinski definition) is 0. The zero-order valence-corrected chi connectivity index (χ0v) is 7.63. The number of allylic oxidation sites excluding steroid dienone is 2. The highest BCUT2D eigenvalue weighted by Gasteiger charge is 2.09. The molecule has 0 aliphatic heterocycles. The topological polar surface area (TPSA) is 18.5 Å². The fraction of sp³-hybridized carbons (Fsp3) is 0.667. The summed E-state index contributed by atoms with van der Waals surface area (Å²) in [4.78, 5) is 0. The van der Waals surface area contributed by atoms with Crippen LogP contribution >= 0.6 is 0 Å². The molecule has 0 amide bonds. The maximum absolute atomic E-state index is 5.10. The van der Waals surface area contributed by atoms with Gasteiger partial charge in [0.25, 0.3) is 0 Å². The molecule has 0 unspecified atom stereocenters. The standard InChI is InChI=1S/C6H14O2Si/c1-5-6(2)9(7-3)8-4/h5,9H,1-4H3. The van der Waals surface area contributed by atoms with E-state index in [1.54, 1.807) is 14.2 Å². The van der Waals surface area contributed by atoms with E-state index in [1.807, 2.05) is 19.9 Å². The van der Waals surface area contributed by atoms with E-state index < -0.39 is 9.28 Å². The van der Waals surface area contributed by atoms with Gasteiger partial charge in [-0.15, -0.1) is 0 Å². The highest BCUT2D eigenvalue weighted by atomic mass is 28.3. The lowest BCUT2D eigenvalue weighted by Gasteiger charge is -2.09. The summed E-state index contributed by atoms with van der Waals surface area (Å²) >= 11 is 0. The van der Waals surface area contributed by atoms with Crippen LogP contribution in [0.1, 0.15) is 13.8 Å². The van der Waals surface area contributed by atoms with Gasteiger partial charge in [0.15, 0.2) is 0 Å². The fourth-order valence-corrected chi connectivity index (χ4v) is 1.81. The summed E-state index contributed by atoms with van der Waals surface area (Å²) in [5.41, 5.74) is 0. The van der Waals surface area contributed by atoms with Crippen molar-refractivity contribution in [3.05, 3.63) is 11.3 Å². The average Bonchev–Trinajstić information content (AvgIpc) is 1.90. The molecule has 0 saturated heterocycles. The van der Waals surface area contributed by atoms with E-state index in [-0.39, 0.29) is 0 Å². The second kappa shape index (κ2) is 4.73. The second-order valence-electron chi connectivity index (χ2n) is 1.84. The molecule has 54 valence electrons. The molecule has 0 aliphatic carbocycles. The molecule has 0 N–H and O–H groups in total. The molecule has 0 aromatic carbocycles. The van der Waals surface area contributed by atoms with Crippen molar-refractivity contribution >= 4 is 9.28 Å². The van der Waals surface area contributed by atoms with Crippen molar-refractivity contribution in [3.8, 4) is 0 Å². The molecule has 0 radical (unpaired) electrons. The molecule has 0 aromatic heterocycles. The summed E-state index contributed by atoms with van der Waals surface area (Å²) in [6.45, 7) is 4.03. The van der Waals surface area contributed by atoms with Crippen LogP contribution in [0.3, 0.4) is 0 Å². The van der Waals surface area contributed by atoms with Crippen LogP contribution in [0.4, 0.5) is 0 Å². The van der Waals surface area contributed by atoms with Crippen molar-refractivity contribution in [3.63, 3.8) is 0 Å². The molecule has 2 nitrogen and oxygen atoms in total. The highest BCUT2D eigenvalue weighted by Crippen LogP contribution is 1.99. The molecule has 0 aromatic rings. The minimum Gasteiger partial charge on any atom is -0.397 e. The lowest BCUT2D eigenvalue weighted by molar-refractivity contribution is 0.287. The minimum absolute atomic E-state index is 1.24. The second-order valence-corrected chi connectivity index (χ2v) is 4.35. The third-order valence-corrected chi connectivity index (χ3v) is 3.19. The van der Waals surface area contributed by atoms with Gasteiger partial charge < -0.3 is 8.85 Å². The number of rotatable bonds is 3. The Morgan fingerprint density at radius 3 is 1.89 bits per heavy atom. The summed E-state index contributed by atoms with van der Waals surface area (Å²) in [6, 6.07) is 0. The Balaban J connectivity index is 3.79. The third-order valence-electron chi connectivity index (χ3n) is 1.26. The first-order valence-electron chi connectivity index (χ1n) is 2.94. The lowest BCUT2D eigenvalue weighted by atomic mass is 10.6. The molecule has 0 spiro atoms. The van der Waals surface area contributed by atoms with Crippen LogP contribution in [-0.4, -0.2) is 23.5 Å². The van der Waals surface area contributed by atoms with Crippen LogP contribution in [0, 0.1) is 0 Å². The zero-order chi connectivity index (χ0) is 7.28. The maximum Gasteiger partial charge on any atom is 0.350 e. The van der Waals surface area contributed by atoms with Crippen LogP contribution in [0.5, 0.6) is 0 Å². The molecule has 9 heavy (non-hydrogen) atoms. The summed E-state index contributed by atoms with van der Waals surface area (Å²) in [5, 5.41) is 1.24. The predicted octanol–water partition coefficient (Wildman–Crippen LogP) is 1.01. The number of hydrogen-bond acceptors (Lipinski definition) is 2. The normalized spacial score (nSPS) is 12.8. The van der Waals surface area contributed by atoms with Gasteiger partial charge in [0.2, 0.25) is 0 Å². The van der Waals surface area contributed by atoms with Crippen molar-refractivity contribution < 1.29 is 8.85 Å². The van der Waals surface area contributed by atoms with Gasteiger partial charge in [0.05, 0.1) is 0 Å². The van der Waals surface area contributed by atoms with E-state index in [1.165, 1.54) is 5.20 Å². The Morgan fingerprint density at radius 1 is 1.33 bits per heavy atom. The maximum atomic E-state index is 5.10. The van der Waals surface area contributed by atoms with E-state index in [9.17, 15) is 0 Å². The molecule has 0 heterocycles. The van der Waals surface area contributed by atoms with Gasteiger partial charge in [-0.05, 0) is 19.0 Å². The van der Waals surface area contributed by atoms with Gasteiger partial charge >= 0.3 is 9.28 Å². The average molecular weight is 146 g/mol. The van der Waals surface area contributed by atoms with Crippen molar-refractivity contribution in [1.82, 2.24) is 0 Å². The summed E-state index contributed by atoms with van der Waals surface area (Å²) in [7, 11) is 1.95. The molecule has 0 fully saturated rings. The molecule has 0 saturated carbocycles. The summed E-state index contributed by atoms with van der Waals surface area (Å²) in [5.74, 6) is 0. The van der Waals surface area contributed by atoms with Crippen molar-refractivity contribution in [2.75, 3.05) is 14.2 Å². The molecule has 0 aliphatic rings. The molecular weight excluding hydrogens is 132 g/mol. The van der Waals surface area contributed by atoms with E-state index in [4.69, 9.17) is 8.85 Å². The quantitative estimate of drug-likeness (QED) is 0.553. The van der Waals surface area contributed by atoms with E-state index >= 15 is 0 Å². The van der Waals surface area contributed by atoms with Crippen LogP contribution in [0.25, 0.3) is 0 Å². The Kier molecular flexibility index (Phi) is 4.66. The monoisotopic (exact) mass is 146 g/mol. The molecule has 0 rings (SSSR count). The van der Waals surface area contributed by atoms with E-state index in [2.05, 4.69) is 0 Å². The first-order chi connectivity index (χ1) is 4.26. The highest BCUT2D eigenvalue weighted by molar-refractivity contribution is 6.53. The van der Waals surface area contributed by atoms with Crippen molar-refractivity contribution in [1.29, 1.82) is 0 Å². The van der Waals surface area contributed by atoms with Gasteiger partial charge in [-0.2, -0.15) is 0 Å². The molecule has 0 bridgehead atoms. The van der Waals surface area contributed by atoms with Gasteiger partial charge in [-0.25, -0.2) is 0 Å². The van der Waals surface area contributed by atoms with E-state index in [0.29, 0.717) is 0 Å². The van der Waals surface area contributed by atoms with Gasteiger partial charge in [-0.1, -0.05) is 6.08 Å². The van der Waals surface area contributed by atoms with Crippen LogP contribution in [-0.2, 0) is 8.85 Å². The van der Waals surface area contributed by atoms with E-state index in [0.717, 1.165) is 0 Å².